The Balaban J connectivity index is 1.88. The second-order valence-corrected chi connectivity index (χ2v) is 5.21. The summed E-state index contributed by atoms with van der Waals surface area (Å²) in [6.45, 7) is 1.71. The Bertz CT molecular complexity index is 787. The molecule has 0 spiro atoms. The fourth-order valence-electron chi connectivity index (χ4n) is 2.39. The molecule has 1 N–H and O–H groups in total. The van der Waals surface area contributed by atoms with E-state index in [2.05, 4.69) is 5.32 Å². The number of hydrogen-bond acceptors (Lipinski definition) is 5. The van der Waals surface area contributed by atoms with Crippen LogP contribution in [0.3, 0.4) is 0 Å². The fraction of sp³-hybridized carbons (Fsp3) is 0.222. The van der Waals surface area contributed by atoms with E-state index in [0.717, 1.165) is 0 Å². The molecule has 0 aliphatic carbocycles. The largest absolute Gasteiger partial charge is 0.493 e. The molecule has 24 heavy (non-hydrogen) atoms. The molecule has 6 nitrogen and oxygen atoms in total. The van der Waals surface area contributed by atoms with Gasteiger partial charge in [-0.25, -0.2) is 0 Å². The van der Waals surface area contributed by atoms with Crippen molar-refractivity contribution >= 4 is 11.9 Å². The van der Waals surface area contributed by atoms with Crippen LogP contribution >= 0.6 is 0 Å². The van der Waals surface area contributed by atoms with E-state index in [1.165, 1.54) is 7.11 Å². The molecular formula is C18H17NO5. The van der Waals surface area contributed by atoms with Crippen molar-refractivity contribution in [3.8, 4) is 17.2 Å². The Morgan fingerprint density at radius 2 is 2.00 bits per heavy atom. The van der Waals surface area contributed by atoms with Crippen molar-refractivity contribution in [2.24, 2.45) is 0 Å². The quantitative estimate of drug-likeness (QED) is 0.690. The van der Waals surface area contributed by atoms with Crippen LogP contribution in [0.2, 0.25) is 0 Å². The van der Waals surface area contributed by atoms with Gasteiger partial charge in [-0.05, 0) is 30.3 Å². The number of rotatable bonds is 4. The van der Waals surface area contributed by atoms with E-state index in [0.29, 0.717) is 28.4 Å². The third-order valence-electron chi connectivity index (χ3n) is 3.64. The van der Waals surface area contributed by atoms with Gasteiger partial charge in [0.25, 0.3) is 5.91 Å². The predicted molar refractivity (Wildman–Crippen MR) is 86.2 cm³/mol. The lowest BCUT2D eigenvalue weighted by Crippen LogP contribution is -2.36. The lowest BCUT2D eigenvalue weighted by molar-refractivity contribution is -0.134. The van der Waals surface area contributed by atoms with Gasteiger partial charge < -0.3 is 19.5 Å². The molecule has 2 aromatic carbocycles. The maximum Gasteiger partial charge on any atom is 0.311 e. The van der Waals surface area contributed by atoms with E-state index in [4.69, 9.17) is 14.2 Å². The number of hydrogen-bond donors (Lipinski definition) is 1. The fourth-order valence-corrected chi connectivity index (χ4v) is 2.39. The van der Waals surface area contributed by atoms with Crippen molar-refractivity contribution in [1.82, 2.24) is 5.32 Å². The number of benzene rings is 2. The van der Waals surface area contributed by atoms with E-state index in [1.807, 2.05) is 6.07 Å². The molecule has 2 aromatic rings. The van der Waals surface area contributed by atoms with Crippen molar-refractivity contribution in [3.63, 3.8) is 0 Å². The van der Waals surface area contributed by atoms with Gasteiger partial charge in [-0.2, -0.15) is 0 Å². The first-order chi connectivity index (χ1) is 11.6. The Morgan fingerprint density at radius 3 is 2.75 bits per heavy atom. The number of fused-ring (bicyclic) bond motifs is 1. The van der Waals surface area contributed by atoms with Crippen LogP contribution in [0.5, 0.6) is 17.2 Å². The van der Waals surface area contributed by atoms with Gasteiger partial charge in [0, 0.05) is 12.0 Å². The molecule has 3 rings (SSSR count). The van der Waals surface area contributed by atoms with Gasteiger partial charge in [0.15, 0.2) is 17.7 Å². The first kappa shape index (κ1) is 15.9. The zero-order valence-electron chi connectivity index (χ0n) is 13.4. The van der Waals surface area contributed by atoms with Crippen LogP contribution in [0.4, 0.5) is 0 Å². The van der Waals surface area contributed by atoms with E-state index in [9.17, 15) is 9.59 Å². The van der Waals surface area contributed by atoms with E-state index >= 15 is 0 Å². The number of para-hydroxylation sites is 1. The molecule has 1 aliphatic rings. The first-order valence-corrected chi connectivity index (χ1v) is 7.57. The Labute approximate surface area is 139 Å². The predicted octanol–water partition coefficient (Wildman–Crippen LogP) is 2.83. The van der Waals surface area contributed by atoms with Gasteiger partial charge in [-0.1, -0.05) is 19.1 Å². The van der Waals surface area contributed by atoms with Crippen molar-refractivity contribution < 1.29 is 23.8 Å². The summed E-state index contributed by atoms with van der Waals surface area (Å²) in [5.74, 6) is 0.688. The highest BCUT2D eigenvalue weighted by atomic mass is 16.6. The summed E-state index contributed by atoms with van der Waals surface area (Å²) < 4.78 is 16.3. The number of ether oxygens (including phenoxy) is 3. The number of nitrogens with one attached hydrogen (secondary N) is 1. The van der Waals surface area contributed by atoms with Crippen LogP contribution < -0.4 is 19.5 Å². The van der Waals surface area contributed by atoms with E-state index in [-0.39, 0.29) is 18.3 Å². The normalized spacial score (nSPS) is 15.8. The molecule has 1 aliphatic heterocycles. The van der Waals surface area contributed by atoms with Gasteiger partial charge in [0.05, 0.1) is 12.7 Å². The third kappa shape index (κ3) is 3.03. The maximum absolute atomic E-state index is 12.2. The molecular weight excluding hydrogens is 310 g/mol. The summed E-state index contributed by atoms with van der Waals surface area (Å²) in [4.78, 5) is 23.6. The summed E-state index contributed by atoms with van der Waals surface area (Å²) in [7, 11) is 1.48. The second-order valence-electron chi connectivity index (χ2n) is 5.21. The minimum atomic E-state index is -0.641. The van der Waals surface area contributed by atoms with Gasteiger partial charge >= 0.3 is 5.97 Å². The average molecular weight is 327 g/mol. The van der Waals surface area contributed by atoms with Crippen molar-refractivity contribution in [2.75, 3.05) is 7.11 Å². The van der Waals surface area contributed by atoms with Gasteiger partial charge in [0.1, 0.15) is 5.75 Å². The van der Waals surface area contributed by atoms with Crippen LogP contribution in [-0.4, -0.2) is 19.0 Å². The SMILES string of the molecule is CCC(=O)Oc1ccc([C@@H]2NC(=O)c3ccccc3O2)cc1OC. The minimum Gasteiger partial charge on any atom is -0.493 e. The third-order valence-corrected chi connectivity index (χ3v) is 3.64. The van der Waals surface area contributed by atoms with Crippen LogP contribution in [-0.2, 0) is 4.79 Å². The lowest BCUT2D eigenvalue weighted by Gasteiger charge is -2.27. The topological polar surface area (TPSA) is 73.9 Å². The lowest BCUT2D eigenvalue weighted by atomic mass is 10.1. The summed E-state index contributed by atoms with van der Waals surface area (Å²) in [6.07, 6.45) is -0.374. The highest BCUT2D eigenvalue weighted by molar-refractivity contribution is 5.98. The zero-order valence-corrected chi connectivity index (χ0v) is 13.4. The highest BCUT2D eigenvalue weighted by Crippen LogP contribution is 2.34. The van der Waals surface area contributed by atoms with Crippen molar-refractivity contribution in [3.05, 3.63) is 53.6 Å². The number of amides is 1. The minimum absolute atomic E-state index is 0.206. The molecule has 1 amide bonds. The summed E-state index contributed by atoms with van der Waals surface area (Å²) >= 11 is 0. The molecule has 0 radical (unpaired) electrons. The number of carbonyl (C=O) groups excluding carboxylic acids is 2. The van der Waals surface area contributed by atoms with E-state index < -0.39 is 6.23 Å². The van der Waals surface area contributed by atoms with Gasteiger partial charge in [0.2, 0.25) is 0 Å². The molecule has 0 fully saturated rings. The first-order valence-electron chi connectivity index (χ1n) is 7.57. The molecule has 0 saturated heterocycles. The number of esters is 1. The summed E-state index contributed by atoms with van der Waals surface area (Å²) in [6, 6.07) is 12.1. The molecule has 6 heteroatoms. The van der Waals surface area contributed by atoms with Gasteiger partial charge in [-0.15, -0.1) is 0 Å². The number of methoxy groups -OCH3 is 1. The van der Waals surface area contributed by atoms with Gasteiger partial charge in [-0.3, -0.25) is 9.59 Å². The molecule has 1 heterocycles. The summed E-state index contributed by atoms with van der Waals surface area (Å²) in [5, 5.41) is 2.79. The second kappa shape index (κ2) is 6.62. The summed E-state index contributed by atoms with van der Waals surface area (Å²) in [5.41, 5.74) is 1.18. The molecule has 0 saturated carbocycles. The standard InChI is InChI=1S/C18H17NO5/c1-3-16(20)23-14-9-8-11(10-15(14)22-2)18-19-17(21)12-6-4-5-7-13(12)24-18/h4-10,18H,3H2,1-2H3,(H,19,21)/t18-/m1/s1. The Hall–Kier alpha value is -3.02. The average Bonchev–Trinajstić information content (AvgIpc) is 2.61. The molecule has 0 bridgehead atoms. The molecule has 124 valence electrons. The number of carbonyl (C=O) groups is 2. The van der Waals surface area contributed by atoms with Crippen molar-refractivity contribution in [1.29, 1.82) is 0 Å². The Morgan fingerprint density at radius 1 is 1.21 bits per heavy atom. The van der Waals surface area contributed by atoms with Crippen LogP contribution in [0.15, 0.2) is 42.5 Å². The van der Waals surface area contributed by atoms with Crippen LogP contribution in [0, 0.1) is 0 Å². The van der Waals surface area contributed by atoms with E-state index in [1.54, 1.807) is 43.3 Å². The smallest absolute Gasteiger partial charge is 0.311 e. The molecule has 0 aromatic heterocycles. The Kier molecular flexibility index (Phi) is 4.37. The molecule has 0 unspecified atom stereocenters. The monoisotopic (exact) mass is 327 g/mol. The van der Waals surface area contributed by atoms with Crippen LogP contribution in [0.1, 0.15) is 35.5 Å². The maximum atomic E-state index is 12.2. The van der Waals surface area contributed by atoms with Crippen LogP contribution in [0.25, 0.3) is 0 Å². The van der Waals surface area contributed by atoms with Crippen molar-refractivity contribution in [2.45, 2.75) is 19.6 Å². The highest BCUT2D eigenvalue weighted by Gasteiger charge is 2.27. The zero-order chi connectivity index (χ0) is 17.1. The molecule has 1 atom stereocenters.